The van der Waals surface area contributed by atoms with Crippen molar-refractivity contribution in [1.82, 2.24) is 0 Å². The fourth-order valence-corrected chi connectivity index (χ4v) is 2.63. The van der Waals surface area contributed by atoms with Crippen LogP contribution in [0.25, 0.3) is 0 Å². The first-order valence-corrected chi connectivity index (χ1v) is 7.69. The van der Waals surface area contributed by atoms with Crippen LogP contribution in [0.3, 0.4) is 0 Å². The largest absolute Gasteiger partial charge is 0.381 e. The zero-order chi connectivity index (χ0) is 17.5. The maximum Gasteiger partial charge on any atom is 0.253 e. The van der Waals surface area contributed by atoms with E-state index < -0.39 is 17.8 Å². The Labute approximate surface area is 140 Å². The van der Waals surface area contributed by atoms with E-state index in [2.05, 4.69) is 17.2 Å². The van der Waals surface area contributed by atoms with E-state index in [4.69, 9.17) is 9.47 Å². The number of benzene rings is 1. The molecule has 0 aliphatic carbocycles. The number of halogens is 1. The predicted molar refractivity (Wildman–Crippen MR) is 88.2 cm³/mol. The topological polar surface area (TPSA) is 76.7 Å². The van der Waals surface area contributed by atoms with Crippen molar-refractivity contribution in [3.05, 3.63) is 36.7 Å². The molecule has 1 saturated heterocycles. The summed E-state index contributed by atoms with van der Waals surface area (Å²) >= 11 is 0. The van der Waals surface area contributed by atoms with Gasteiger partial charge in [0.05, 0.1) is 5.69 Å². The van der Waals surface area contributed by atoms with Gasteiger partial charge in [-0.15, -0.1) is 0 Å². The van der Waals surface area contributed by atoms with Gasteiger partial charge in [-0.25, -0.2) is 4.39 Å². The average molecular weight is 336 g/mol. The van der Waals surface area contributed by atoms with Gasteiger partial charge in [0, 0.05) is 26.0 Å². The molecule has 0 spiro atoms. The molecule has 1 aromatic rings. The van der Waals surface area contributed by atoms with Gasteiger partial charge in [-0.05, 0) is 43.0 Å². The van der Waals surface area contributed by atoms with E-state index in [1.54, 1.807) is 0 Å². The van der Waals surface area contributed by atoms with Crippen molar-refractivity contribution < 1.29 is 23.5 Å². The van der Waals surface area contributed by atoms with Gasteiger partial charge >= 0.3 is 0 Å². The molecule has 24 heavy (non-hydrogen) atoms. The van der Waals surface area contributed by atoms with Crippen molar-refractivity contribution >= 4 is 23.2 Å². The lowest BCUT2D eigenvalue weighted by Crippen LogP contribution is -2.38. The Morgan fingerprint density at radius 3 is 2.71 bits per heavy atom. The fourth-order valence-electron chi connectivity index (χ4n) is 2.63. The summed E-state index contributed by atoms with van der Waals surface area (Å²) < 4.78 is 24.3. The quantitative estimate of drug-likeness (QED) is 0.782. The molecule has 1 fully saturated rings. The zero-order valence-electron chi connectivity index (χ0n) is 13.5. The number of hydrogen-bond acceptors (Lipinski definition) is 4. The van der Waals surface area contributed by atoms with Crippen LogP contribution < -0.4 is 10.6 Å². The van der Waals surface area contributed by atoms with Crippen LogP contribution in [-0.2, 0) is 19.1 Å². The highest BCUT2D eigenvalue weighted by atomic mass is 19.1. The molecule has 0 bridgehead atoms. The molecule has 1 heterocycles. The van der Waals surface area contributed by atoms with Gasteiger partial charge in [-0.1, -0.05) is 6.58 Å². The summed E-state index contributed by atoms with van der Waals surface area (Å²) in [7, 11) is 1.49. The van der Waals surface area contributed by atoms with Crippen LogP contribution in [0.1, 0.15) is 12.8 Å². The van der Waals surface area contributed by atoms with Crippen molar-refractivity contribution in [2.24, 2.45) is 5.92 Å². The molecule has 0 radical (unpaired) electrons. The van der Waals surface area contributed by atoms with E-state index >= 15 is 0 Å². The highest BCUT2D eigenvalue weighted by Gasteiger charge is 2.30. The Morgan fingerprint density at radius 2 is 2.08 bits per heavy atom. The molecular formula is C17H21FN2O4. The van der Waals surface area contributed by atoms with E-state index in [1.165, 1.54) is 25.3 Å². The van der Waals surface area contributed by atoms with Gasteiger partial charge in [0.2, 0.25) is 5.91 Å². The van der Waals surface area contributed by atoms with Crippen molar-refractivity contribution in [2.45, 2.75) is 18.9 Å². The van der Waals surface area contributed by atoms with Crippen LogP contribution in [0, 0.1) is 11.7 Å². The molecule has 1 aromatic carbocycles. The number of nitrogens with one attached hydrogen (secondary N) is 2. The summed E-state index contributed by atoms with van der Waals surface area (Å²) in [6.45, 7) is 4.52. The van der Waals surface area contributed by atoms with Crippen LogP contribution in [0.5, 0.6) is 0 Å². The van der Waals surface area contributed by atoms with Crippen molar-refractivity contribution in [3.63, 3.8) is 0 Å². The SMILES string of the molecule is C=CC(=O)Nc1cc(NC(=O)C(OC)C2CCOCC2)ccc1F. The maximum absolute atomic E-state index is 13.7. The maximum atomic E-state index is 13.7. The molecule has 6 nitrogen and oxygen atoms in total. The molecule has 1 aliphatic rings. The number of carbonyl (C=O) groups is 2. The second kappa shape index (κ2) is 8.56. The molecule has 0 aromatic heterocycles. The van der Waals surface area contributed by atoms with Gasteiger partial charge < -0.3 is 20.1 Å². The third-order valence-corrected chi connectivity index (χ3v) is 3.88. The summed E-state index contributed by atoms with van der Waals surface area (Å²) in [6.07, 6.45) is 1.92. The average Bonchev–Trinajstić information content (AvgIpc) is 2.59. The Balaban J connectivity index is 2.08. The molecule has 1 unspecified atom stereocenters. The standard InChI is InChI=1S/C17H21FN2O4/c1-3-15(21)20-14-10-12(4-5-13(14)18)19-17(22)16(23-2)11-6-8-24-9-7-11/h3-5,10-11,16H,1,6-9H2,2H3,(H,19,22)(H,20,21). The first kappa shape index (κ1) is 18.1. The number of anilines is 2. The van der Waals surface area contributed by atoms with Crippen molar-refractivity contribution in [1.29, 1.82) is 0 Å². The summed E-state index contributed by atoms with van der Waals surface area (Å²) in [6, 6.07) is 3.95. The summed E-state index contributed by atoms with van der Waals surface area (Å²) in [5.74, 6) is -1.37. The Morgan fingerprint density at radius 1 is 1.38 bits per heavy atom. The second-order valence-electron chi connectivity index (χ2n) is 5.48. The van der Waals surface area contributed by atoms with Gasteiger partial charge in [0.1, 0.15) is 11.9 Å². The van der Waals surface area contributed by atoms with Crippen LogP contribution in [-0.4, -0.2) is 38.2 Å². The van der Waals surface area contributed by atoms with Crippen LogP contribution in [0.4, 0.5) is 15.8 Å². The molecule has 7 heteroatoms. The number of hydrogen-bond donors (Lipinski definition) is 2. The predicted octanol–water partition coefficient (Wildman–Crippen LogP) is 2.33. The minimum Gasteiger partial charge on any atom is -0.381 e. The zero-order valence-corrected chi connectivity index (χ0v) is 13.5. The Bertz CT molecular complexity index is 615. The molecular weight excluding hydrogens is 315 g/mol. The van der Waals surface area contributed by atoms with Crippen molar-refractivity contribution in [3.8, 4) is 0 Å². The van der Waals surface area contributed by atoms with Crippen molar-refractivity contribution in [2.75, 3.05) is 31.0 Å². The lowest BCUT2D eigenvalue weighted by Gasteiger charge is -2.28. The van der Waals surface area contributed by atoms with E-state index in [1.807, 2.05) is 0 Å². The number of rotatable bonds is 6. The number of carbonyl (C=O) groups excluding carboxylic acids is 2. The minimum absolute atomic E-state index is 0.0299. The molecule has 0 saturated carbocycles. The lowest BCUT2D eigenvalue weighted by atomic mass is 9.93. The third-order valence-electron chi connectivity index (χ3n) is 3.88. The molecule has 1 aliphatic heterocycles. The number of methoxy groups -OCH3 is 1. The fraction of sp³-hybridized carbons (Fsp3) is 0.412. The minimum atomic E-state index is -0.606. The van der Waals surface area contributed by atoms with E-state index in [0.717, 1.165) is 18.9 Å². The second-order valence-corrected chi connectivity index (χ2v) is 5.48. The summed E-state index contributed by atoms with van der Waals surface area (Å²) in [4.78, 5) is 23.8. The first-order chi connectivity index (χ1) is 11.5. The molecule has 2 N–H and O–H groups in total. The van der Waals surface area contributed by atoms with Gasteiger partial charge in [0.15, 0.2) is 0 Å². The van der Waals surface area contributed by atoms with Gasteiger partial charge in [-0.3, -0.25) is 9.59 Å². The monoisotopic (exact) mass is 336 g/mol. The normalized spacial score (nSPS) is 16.2. The van der Waals surface area contributed by atoms with Gasteiger partial charge in [-0.2, -0.15) is 0 Å². The Hall–Kier alpha value is -2.25. The van der Waals surface area contributed by atoms with E-state index in [-0.39, 0.29) is 17.5 Å². The van der Waals surface area contributed by atoms with Crippen LogP contribution >= 0.6 is 0 Å². The highest BCUT2D eigenvalue weighted by Crippen LogP contribution is 2.24. The lowest BCUT2D eigenvalue weighted by molar-refractivity contribution is -0.131. The van der Waals surface area contributed by atoms with Gasteiger partial charge in [0.25, 0.3) is 5.91 Å². The van der Waals surface area contributed by atoms with Crippen LogP contribution in [0.15, 0.2) is 30.9 Å². The highest BCUT2D eigenvalue weighted by molar-refractivity contribution is 6.00. The van der Waals surface area contributed by atoms with E-state index in [0.29, 0.717) is 18.9 Å². The third kappa shape index (κ3) is 4.62. The molecule has 2 rings (SSSR count). The molecule has 2 amide bonds. The smallest absolute Gasteiger partial charge is 0.253 e. The summed E-state index contributed by atoms with van der Waals surface area (Å²) in [5, 5.41) is 5.05. The van der Waals surface area contributed by atoms with E-state index in [9.17, 15) is 14.0 Å². The number of ether oxygens (including phenoxy) is 2. The Kier molecular flexibility index (Phi) is 6.45. The summed E-state index contributed by atoms with van der Waals surface area (Å²) in [5.41, 5.74) is 0.340. The van der Waals surface area contributed by atoms with Crippen LogP contribution in [0.2, 0.25) is 0 Å². The molecule has 130 valence electrons. The number of amides is 2. The molecule has 1 atom stereocenters. The first-order valence-electron chi connectivity index (χ1n) is 7.69.